The molecule has 0 spiro atoms. The fourth-order valence-electron chi connectivity index (χ4n) is 5.50. The van der Waals surface area contributed by atoms with E-state index in [2.05, 4.69) is 43.4 Å². The number of allylic oxidation sites excluding steroid dienone is 2. The number of hydrogen-bond donors (Lipinski definition) is 3. The highest BCUT2D eigenvalue weighted by Gasteiger charge is 2.56. The Balaban J connectivity index is 1.50. The third-order valence-electron chi connectivity index (χ3n) is 7.38. The van der Waals surface area contributed by atoms with E-state index >= 15 is 0 Å². The predicted octanol–water partition coefficient (Wildman–Crippen LogP) is 4.43. The lowest BCUT2D eigenvalue weighted by atomic mass is 9.44. The first-order chi connectivity index (χ1) is 13.9. The monoisotopic (exact) mass is 399 g/mol. The lowest BCUT2D eigenvalue weighted by Crippen LogP contribution is -2.61. The van der Waals surface area contributed by atoms with Crippen molar-refractivity contribution >= 4 is 5.97 Å². The van der Waals surface area contributed by atoms with E-state index in [1.165, 1.54) is 18.4 Å². The van der Waals surface area contributed by atoms with Crippen molar-refractivity contribution in [2.75, 3.05) is 6.54 Å². The second kappa shape index (κ2) is 9.90. The van der Waals surface area contributed by atoms with Crippen LogP contribution in [-0.4, -0.2) is 34.9 Å². The summed E-state index contributed by atoms with van der Waals surface area (Å²) in [5.41, 5.74) is 1.60. The van der Waals surface area contributed by atoms with Gasteiger partial charge in [-0.05, 0) is 67.3 Å². The molecule has 4 unspecified atom stereocenters. The SMILES string of the molecule is CC1(C)C2CC(NCC(O)Cc3ccccc3)C(C/C=C/CCCC(=O)O)[C@@H]1C2. The molecule has 3 N–H and O–H groups in total. The molecule has 4 rings (SSSR count). The Labute approximate surface area is 175 Å². The number of carboxylic acid groups (broad SMARTS) is 1. The maximum atomic E-state index is 10.6. The van der Waals surface area contributed by atoms with Crippen LogP contribution in [0.3, 0.4) is 0 Å². The van der Waals surface area contributed by atoms with Gasteiger partial charge in [0.15, 0.2) is 0 Å². The van der Waals surface area contributed by atoms with Gasteiger partial charge < -0.3 is 15.5 Å². The van der Waals surface area contributed by atoms with E-state index in [-0.39, 0.29) is 12.5 Å². The van der Waals surface area contributed by atoms with Crippen LogP contribution in [0.25, 0.3) is 0 Å². The zero-order valence-electron chi connectivity index (χ0n) is 17.9. The number of aliphatic hydroxyl groups is 1. The highest BCUT2D eigenvalue weighted by molar-refractivity contribution is 5.66. The number of unbranched alkanes of at least 4 members (excludes halogenated alkanes) is 1. The largest absolute Gasteiger partial charge is 0.481 e. The number of carboxylic acids is 1. The summed E-state index contributed by atoms with van der Waals surface area (Å²) in [7, 11) is 0. The molecule has 0 aromatic heterocycles. The maximum Gasteiger partial charge on any atom is 0.303 e. The minimum absolute atomic E-state index is 0.245. The summed E-state index contributed by atoms with van der Waals surface area (Å²) in [6.45, 7) is 5.46. The molecule has 5 atom stereocenters. The third-order valence-corrected chi connectivity index (χ3v) is 7.38. The van der Waals surface area contributed by atoms with Crippen molar-refractivity contribution in [3.05, 3.63) is 48.0 Å². The molecular formula is C25H37NO3. The Morgan fingerprint density at radius 1 is 1.24 bits per heavy atom. The second-order valence-electron chi connectivity index (χ2n) is 9.61. The van der Waals surface area contributed by atoms with Crippen LogP contribution in [-0.2, 0) is 11.2 Å². The molecule has 4 heteroatoms. The molecule has 2 bridgehead atoms. The van der Waals surface area contributed by atoms with Crippen molar-refractivity contribution in [3.63, 3.8) is 0 Å². The third kappa shape index (κ3) is 5.70. The fourth-order valence-corrected chi connectivity index (χ4v) is 5.50. The Morgan fingerprint density at radius 3 is 2.69 bits per heavy atom. The van der Waals surface area contributed by atoms with Gasteiger partial charge in [-0.2, -0.15) is 0 Å². The average molecular weight is 400 g/mol. The predicted molar refractivity (Wildman–Crippen MR) is 117 cm³/mol. The van der Waals surface area contributed by atoms with Crippen LogP contribution in [0, 0.1) is 23.2 Å². The van der Waals surface area contributed by atoms with Crippen LogP contribution in [0.5, 0.6) is 0 Å². The smallest absolute Gasteiger partial charge is 0.303 e. The molecule has 4 nitrogen and oxygen atoms in total. The van der Waals surface area contributed by atoms with Crippen molar-refractivity contribution in [3.8, 4) is 0 Å². The van der Waals surface area contributed by atoms with Gasteiger partial charge in [-0.1, -0.05) is 56.3 Å². The summed E-state index contributed by atoms with van der Waals surface area (Å²) in [4.78, 5) is 10.6. The summed E-state index contributed by atoms with van der Waals surface area (Å²) in [5.74, 6) is 1.39. The average Bonchev–Trinajstić information content (AvgIpc) is 2.69. The van der Waals surface area contributed by atoms with Crippen molar-refractivity contribution in [1.29, 1.82) is 0 Å². The van der Waals surface area contributed by atoms with Crippen LogP contribution in [0.1, 0.15) is 57.9 Å². The molecule has 29 heavy (non-hydrogen) atoms. The Morgan fingerprint density at radius 2 is 2.00 bits per heavy atom. The number of aliphatic hydroxyl groups excluding tert-OH is 1. The van der Waals surface area contributed by atoms with Gasteiger partial charge in [0.1, 0.15) is 0 Å². The minimum Gasteiger partial charge on any atom is -0.481 e. The van der Waals surface area contributed by atoms with Crippen molar-refractivity contribution in [1.82, 2.24) is 5.32 Å². The van der Waals surface area contributed by atoms with Gasteiger partial charge >= 0.3 is 5.97 Å². The number of carbonyl (C=O) groups is 1. The van der Waals surface area contributed by atoms with Gasteiger partial charge in [0.05, 0.1) is 6.10 Å². The molecule has 0 heterocycles. The zero-order valence-corrected chi connectivity index (χ0v) is 17.9. The number of benzene rings is 1. The van der Waals surface area contributed by atoms with Gasteiger partial charge in [0.2, 0.25) is 0 Å². The van der Waals surface area contributed by atoms with Gasteiger partial charge in [0, 0.05) is 19.0 Å². The molecule has 1 aromatic rings. The van der Waals surface area contributed by atoms with Gasteiger partial charge in [0.25, 0.3) is 0 Å². The first-order valence-corrected chi connectivity index (χ1v) is 11.2. The molecule has 0 aliphatic heterocycles. The first-order valence-electron chi connectivity index (χ1n) is 11.2. The van der Waals surface area contributed by atoms with Crippen molar-refractivity contribution < 1.29 is 15.0 Å². The van der Waals surface area contributed by atoms with Crippen LogP contribution in [0.15, 0.2) is 42.5 Å². The van der Waals surface area contributed by atoms with E-state index in [9.17, 15) is 9.90 Å². The molecule has 1 aromatic carbocycles. The number of aliphatic carboxylic acids is 1. The number of hydrogen-bond acceptors (Lipinski definition) is 3. The van der Waals surface area contributed by atoms with Gasteiger partial charge in [-0.25, -0.2) is 0 Å². The van der Waals surface area contributed by atoms with E-state index in [4.69, 9.17) is 5.11 Å². The van der Waals surface area contributed by atoms with E-state index in [1.54, 1.807) is 0 Å². The molecule has 160 valence electrons. The number of fused-ring (bicyclic) bond motifs is 2. The highest BCUT2D eigenvalue weighted by atomic mass is 16.4. The van der Waals surface area contributed by atoms with E-state index in [0.29, 0.717) is 36.8 Å². The van der Waals surface area contributed by atoms with E-state index < -0.39 is 5.97 Å². The molecule has 3 aliphatic rings. The summed E-state index contributed by atoms with van der Waals surface area (Å²) in [6.07, 6.45) is 10.1. The highest BCUT2D eigenvalue weighted by Crippen LogP contribution is 2.62. The Hall–Kier alpha value is -1.65. The summed E-state index contributed by atoms with van der Waals surface area (Å²) >= 11 is 0. The molecule has 3 fully saturated rings. The zero-order chi connectivity index (χ0) is 20.9. The minimum atomic E-state index is -0.716. The van der Waals surface area contributed by atoms with Crippen LogP contribution >= 0.6 is 0 Å². The van der Waals surface area contributed by atoms with Crippen LogP contribution < -0.4 is 5.32 Å². The Bertz CT molecular complexity index is 685. The summed E-state index contributed by atoms with van der Waals surface area (Å²) < 4.78 is 0. The molecule has 0 amide bonds. The second-order valence-corrected chi connectivity index (χ2v) is 9.61. The normalized spacial score (nSPS) is 28.8. The summed E-state index contributed by atoms with van der Waals surface area (Å²) in [6, 6.07) is 10.6. The molecule has 0 radical (unpaired) electrons. The molecule has 3 aliphatic carbocycles. The lowest BCUT2D eigenvalue weighted by molar-refractivity contribution is -0.137. The van der Waals surface area contributed by atoms with Crippen LogP contribution in [0.2, 0.25) is 0 Å². The standard InChI is InChI=1S/C25H37NO3/c1-25(2)19-15-22(25)21(12-8-3-4-9-13-24(28)29)23(16-19)26-17-20(27)14-18-10-6-5-7-11-18/h3,5-8,10-11,19-23,26-27H,4,9,12-17H2,1-2H3,(H,28,29)/b8-3+/t19?,20?,21?,22-,23?/m0/s1. The maximum absolute atomic E-state index is 10.6. The van der Waals surface area contributed by atoms with Gasteiger partial charge in [-0.15, -0.1) is 0 Å². The quantitative estimate of drug-likeness (QED) is 0.380. The molecular weight excluding hydrogens is 362 g/mol. The molecule has 3 saturated carbocycles. The lowest BCUT2D eigenvalue weighted by Gasteiger charge is -2.63. The topological polar surface area (TPSA) is 69.6 Å². The number of rotatable bonds is 11. The van der Waals surface area contributed by atoms with Crippen LogP contribution in [0.4, 0.5) is 0 Å². The van der Waals surface area contributed by atoms with Crippen molar-refractivity contribution in [2.24, 2.45) is 23.2 Å². The van der Waals surface area contributed by atoms with E-state index in [1.807, 2.05) is 18.2 Å². The first kappa shape index (κ1) is 22.0. The van der Waals surface area contributed by atoms with Gasteiger partial charge in [-0.3, -0.25) is 4.79 Å². The number of nitrogens with one attached hydrogen (secondary N) is 1. The fraction of sp³-hybridized carbons (Fsp3) is 0.640. The van der Waals surface area contributed by atoms with E-state index in [0.717, 1.165) is 24.7 Å². The summed E-state index contributed by atoms with van der Waals surface area (Å²) in [5, 5.41) is 22.9. The van der Waals surface area contributed by atoms with Crippen molar-refractivity contribution in [2.45, 2.75) is 70.9 Å². The Kier molecular flexibility index (Phi) is 7.53. The molecule has 0 saturated heterocycles.